The van der Waals surface area contributed by atoms with E-state index in [1.807, 2.05) is 28.9 Å². The maximum absolute atomic E-state index is 13.8. The second-order valence-electron chi connectivity index (χ2n) is 16.4. The fraction of sp³-hybridized carbons (Fsp3) is 0.404. The number of imide groups is 2. The minimum Gasteiger partial charge on any atom is -0.425 e. The number of ether oxygens (including phenoxy) is 2. The number of aliphatic hydroxyl groups excluding tert-OH is 2. The Labute approximate surface area is 384 Å². The van der Waals surface area contributed by atoms with Crippen LogP contribution in [0.2, 0.25) is 5.02 Å². The normalized spacial score (nSPS) is 17.8. The number of carbonyl (C=O) groups excluding carboxylic acids is 4. The zero-order valence-electron chi connectivity index (χ0n) is 36.5. The first-order valence-corrected chi connectivity index (χ1v) is 22.7. The summed E-state index contributed by atoms with van der Waals surface area (Å²) in [6, 6.07) is 18.0. The van der Waals surface area contributed by atoms with Gasteiger partial charge in [0.05, 0.1) is 6.54 Å². The average molecular weight is 929 g/mol. The highest BCUT2D eigenvalue weighted by atomic mass is 35.5. The second-order valence-corrected chi connectivity index (χ2v) is 16.9. The largest absolute Gasteiger partial charge is 0.425 e. The number of nitrogens with zero attached hydrogens (tertiary/aromatic N) is 8. The number of carbonyl (C=O) groups is 4. The first-order valence-electron chi connectivity index (χ1n) is 22.3. The van der Waals surface area contributed by atoms with Crippen molar-refractivity contribution in [3.05, 3.63) is 106 Å². The Kier molecular flexibility index (Phi) is 14.3. The van der Waals surface area contributed by atoms with Crippen LogP contribution in [0.15, 0.2) is 72.8 Å². The van der Waals surface area contributed by atoms with Gasteiger partial charge in [-0.1, -0.05) is 49.2 Å². The molecule has 2 N–H and O–H groups in total. The number of rotatable bonds is 15. The van der Waals surface area contributed by atoms with Crippen LogP contribution in [0.1, 0.15) is 84.8 Å². The number of unbranched alkanes of at least 4 members (excludes halogenated alkanes) is 1. The molecule has 2 saturated heterocycles. The van der Waals surface area contributed by atoms with Gasteiger partial charge in [0.1, 0.15) is 35.2 Å². The number of benzene rings is 3. The molecular weight excluding hydrogens is 878 g/mol. The molecule has 0 aliphatic carbocycles. The van der Waals surface area contributed by atoms with E-state index in [-0.39, 0.29) is 80.3 Å². The highest BCUT2D eigenvalue weighted by molar-refractivity contribution is 6.30. The Morgan fingerprint density at radius 3 is 1.62 bits per heavy atom. The number of imidazole rings is 2. The van der Waals surface area contributed by atoms with E-state index in [9.17, 15) is 38.2 Å². The molecule has 2 aromatic heterocycles. The molecule has 4 aliphatic heterocycles. The topological polar surface area (TPSA) is 176 Å². The van der Waals surface area contributed by atoms with Gasteiger partial charge in [-0.15, -0.1) is 0 Å². The summed E-state index contributed by atoms with van der Waals surface area (Å²) in [7, 11) is 0. The van der Waals surface area contributed by atoms with Crippen molar-refractivity contribution in [2.24, 2.45) is 0 Å². The van der Waals surface area contributed by atoms with E-state index in [0.717, 1.165) is 31.2 Å². The van der Waals surface area contributed by atoms with Crippen molar-refractivity contribution in [1.82, 2.24) is 28.9 Å². The number of aromatic nitrogens is 4. The minimum atomic E-state index is -0.514. The van der Waals surface area contributed by atoms with Crippen LogP contribution in [0.5, 0.6) is 23.5 Å². The van der Waals surface area contributed by atoms with Crippen molar-refractivity contribution in [3.63, 3.8) is 0 Å². The number of fused-ring (bicyclic) bond motifs is 6. The van der Waals surface area contributed by atoms with Gasteiger partial charge in [-0.05, 0) is 86.9 Å². The van der Waals surface area contributed by atoms with Gasteiger partial charge in [-0.3, -0.25) is 38.1 Å². The summed E-state index contributed by atoms with van der Waals surface area (Å²) in [6.07, 6.45) is 5.10. The van der Waals surface area contributed by atoms with Crippen molar-refractivity contribution >= 4 is 46.9 Å². The van der Waals surface area contributed by atoms with Crippen molar-refractivity contribution in [2.75, 3.05) is 49.2 Å². The Balaban J connectivity index is 0.000000181. The van der Waals surface area contributed by atoms with Gasteiger partial charge >= 0.3 is 12.0 Å². The van der Waals surface area contributed by atoms with Gasteiger partial charge in [-0.2, -0.15) is 9.97 Å². The van der Waals surface area contributed by atoms with E-state index in [0.29, 0.717) is 61.2 Å². The molecule has 16 nitrogen and oxygen atoms in total. The van der Waals surface area contributed by atoms with Crippen molar-refractivity contribution in [3.8, 4) is 23.5 Å². The van der Waals surface area contributed by atoms with E-state index in [1.165, 1.54) is 40.1 Å². The Hall–Kier alpha value is -6.37. The number of halogens is 3. The van der Waals surface area contributed by atoms with Crippen LogP contribution in [0.4, 0.5) is 20.4 Å². The second kappa shape index (κ2) is 20.4. The predicted molar refractivity (Wildman–Crippen MR) is 239 cm³/mol. The summed E-state index contributed by atoms with van der Waals surface area (Å²) in [5, 5.41) is 19.2. The molecule has 66 heavy (non-hydrogen) atoms. The van der Waals surface area contributed by atoms with Gasteiger partial charge in [0.2, 0.25) is 0 Å². The molecule has 5 aromatic rings. The first kappa shape index (κ1) is 46.2. The number of amides is 4. The maximum atomic E-state index is 13.8. The summed E-state index contributed by atoms with van der Waals surface area (Å²) in [6.45, 7) is 3.93. The minimum absolute atomic E-state index is 0.101. The molecule has 0 radical (unpaired) electrons. The molecule has 19 heteroatoms. The van der Waals surface area contributed by atoms with Crippen LogP contribution in [0, 0.1) is 11.6 Å². The Morgan fingerprint density at radius 1 is 0.667 bits per heavy atom. The molecule has 2 fully saturated rings. The predicted octanol–water partition coefficient (Wildman–Crippen LogP) is 6.80. The van der Waals surface area contributed by atoms with Gasteiger partial charge in [0.15, 0.2) is 23.0 Å². The summed E-state index contributed by atoms with van der Waals surface area (Å²) < 4.78 is 42.7. The van der Waals surface area contributed by atoms with Crippen LogP contribution < -0.4 is 19.3 Å². The van der Waals surface area contributed by atoms with E-state index in [1.54, 1.807) is 39.5 Å². The third-order valence-corrected chi connectivity index (χ3v) is 12.2. The van der Waals surface area contributed by atoms with Crippen molar-refractivity contribution in [1.29, 1.82) is 0 Å². The molecule has 9 rings (SSSR count). The third kappa shape index (κ3) is 9.48. The molecule has 2 atom stereocenters. The number of hydrogen-bond acceptors (Lipinski definition) is 12. The number of hydrogen-bond donors (Lipinski definition) is 2. The molecule has 4 aliphatic rings. The van der Waals surface area contributed by atoms with Crippen LogP contribution in [-0.4, -0.2) is 114 Å². The molecule has 0 bridgehead atoms. The monoisotopic (exact) mass is 928 g/mol. The zero-order valence-corrected chi connectivity index (χ0v) is 37.2. The van der Waals surface area contributed by atoms with E-state index < -0.39 is 35.5 Å². The van der Waals surface area contributed by atoms with E-state index >= 15 is 0 Å². The number of anilines is 2. The fourth-order valence-electron chi connectivity index (χ4n) is 8.78. The average Bonchev–Trinajstić information content (AvgIpc) is 4.11. The summed E-state index contributed by atoms with van der Waals surface area (Å²) >= 11 is 6.05. The highest BCUT2D eigenvalue weighted by Gasteiger charge is 2.46. The maximum Gasteiger partial charge on any atom is 0.304 e. The lowest BCUT2D eigenvalue weighted by molar-refractivity contribution is -0.130. The van der Waals surface area contributed by atoms with Gasteiger partial charge in [0, 0.05) is 63.1 Å². The lowest BCUT2D eigenvalue weighted by Gasteiger charge is -2.24. The third-order valence-electron chi connectivity index (χ3n) is 12.0. The fourth-order valence-corrected chi connectivity index (χ4v) is 8.91. The molecule has 4 amide bonds. The lowest BCUT2D eigenvalue weighted by Crippen LogP contribution is -2.46. The van der Waals surface area contributed by atoms with Gasteiger partial charge in [0.25, 0.3) is 23.6 Å². The Bertz CT molecular complexity index is 2590. The smallest absolute Gasteiger partial charge is 0.304 e. The molecule has 3 aromatic carbocycles. The summed E-state index contributed by atoms with van der Waals surface area (Å²) in [5.74, 6) is -1.01. The lowest BCUT2D eigenvalue weighted by atomic mass is 10.2. The first-order chi connectivity index (χ1) is 32.0. The van der Waals surface area contributed by atoms with Crippen LogP contribution in [0.3, 0.4) is 0 Å². The molecule has 2 unspecified atom stereocenters. The Morgan fingerprint density at radius 2 is 1.15 bits per heavy atom. The van der Waals surface area contributed by atoms with Crippen molar-refractivity contribution < 1.29 is 47.6 Å². The van der Waals surface area contributed by atoms with E-state index in [4.69, 9.17) is 21.1 Å². The SMILES string of the molecule is CCCCn1c(Oc2cccc(F)c2)nc2c1C(=O)N(CCCO)C(=O)C1CCCN21.O=C1c2c(nc(Oc3cccc(F)c3)n2Cc2ccc(Cl)cc2)N2CCCC2C(=O)N1CCCO. The molecule has 6 heterocycles. The molecule has 0 saturated carbocycles. The standard InChI is InChI=1S/C25H24ClFN4O4.C22H27FN4O4/c26-17-9-7-16(8-10-17)15-31-21-22(28-25(31)35-19-5-1-4-18(27)14-19)29-11-2-6-20(29)23(33)30(24(21)34)12-3-13-32;1-2-3-10-26-18-19(24-22(26)31-16-8-4-7-15(23)14-16)25-11-5-9-17(25)20(29)27(21(18)30)12-6-13-28/h1,4-5,7-10,14,20,32H,2-3,6,11-13,15H2;4,7-8,14,17,28H,2-3,5-6,9-13H2,1H3. The van der Waals surface area contributed by atoms with Gasteiger partial charge < -0.3 is 29.5 Å². The van der Waals surface area contributed by atoms with Crippen molar-refractivity contribution in [2.45, 2.75) is 83.5 Å². The van der Waals surface area contributed by atoms with Crippen LogP contribution in [0.25, 0.3) is 0 Å². The summed E-state index contributed by atoms with van der Waals surface area (Å²) in [4.78, 5) is 69.2. The molecule has 348 valence electrons. The molecular formula is C47H51ClF2N8O8. The quantitative estimate of drug-likeness (QED) is 0.105. The van der Waals surface area contributed by atoms with Crippen LogP contribution in [-0.2, 0) is 22.7 Å². The zero-order chi connectivity index (χ0) is 46.5. The summed E-state index contributed by atoms with van der Waals surface area (Å²) in [5.41, 5.74) is 1.37. The van der Waals surface area contributed by atoms with E-state index in [2.05, 4.69) is 9.97 Å². The molecule has 0 spiro atoms. The van der Waals surface area contributed by atoms with Gasteiger partial charge in [-0.25, -0.2) is 8.78 Å². The van der Waals surface area contributed by atoms with Crippen LogP contribution >= 0.6 is 11.6 Å². The number of aliphatic hydroxyl groups is 2. The highest BCUT2D eigenvalue weighted by Crippen LogP contribution is 2.39.